The Morgan fingerprint density at radius 1 is 0.763 bits per heavy atom. The molecule has 0 saturated heterocycles. The Morgan fingerprint density at radius 3 is 1.89 bits per heavy atom. The van der Waals surface area contributed by atoms with Gasteiger partial charge < -0.3 is 10.0 Å². The van der Waals surface area contributed by atoms with Crippen molar-refractivity contribution in [3.8, 4) is 0 Å². The molecule has 0 aromatic heterocycles. The third kappa shape index (κ3) is 2.87. The largest absolute Gasteiger partial charge is 0.871 e. The van der Waals surface area contributed by atoms with Crippen LogP contribution in [0.4, 0.5) is 5.69 Å². The Labute approximate surface area is 228 Å². The van der Waals surface area contributed by atoms with E-state index < -0.39 is 0 Å². The van der Waals surface area contributed by atoms with Gasteiger partial charge in [-0.3, -0.25) is 4.79 Å². The number of hydrogen-bond donors (Lipinski definition) is 0. The maximum absolute atomic E-state index is 14.1. The maximum atomic E-state index is 14.1. The number of carbonyl (C=O) groups excluding carboxylic acids is 1. The Kier molecular flexibility index (Phi) is 5.51. The highest BCUT2D eigenvalue weighted by atomic mass is 16.3. The lowest BCUT2D eigenvalue weighted by atomic mass is 9.71. The number of rotatable bonds is 1. The minimum absolute atomic E-state index is 0.0805. The summed E-state index contributed by atoms with van der Waals surface area (Å²) >= 11 is 0. The number of likely N-dealkylation sites (N-methyl/N-ethyl adjacent to an activating group) is 2. The molecule has 2 aromatic rings. The fraction of sp³-hybridized carbons (Fsp3) is 0.529. The third-order valence-corrected chi connectivity index (χ3v) is 11.2. The number of anilines is 1. The lowest BCUT2D eigenvalue weighted by molar-refractivity contribution is -0.293. The van der Waals surface area contributed by atoms with Crippen molar-refractivity contribution in [3.05, 3.63) is 66.4 Å². The van der Waals surface area contributed by atoms with E-state index in [2.05, 4.69) is 107 Å². The zero-order valence-corrected chi connectivity index (χ0v) is 25.9. The zero-order valence-electron chi connectivity index (χ0n) is 25.9. The van der Waals surface area contributed by atoms with Crippen LogP contribution in [-0.4, -0.2) is 32.0 Å². The standard InChI is InChI=1S/C34H44N2O2/c1-15-17(3)29-27(33(9,10)21(7)35(29)13)19(5)23(15)25-31(37)26(32(25)38)24-16(2)18(4)30-28(20(24)6)34(11,12)22(8)36(30)14/h21-22H,1-14H3. The number of Topliss-reactive ketones (excluding diaryl/α,β-unsaturated/α-hetero) is 1. The number of allylic oxidation sites excluding steroid dienone is 2. The Balaban J connectivity index is 1.86. The average molecular weight is 513 g/mol. The van der Waals surface area contributed by atoms with E-state index in [1.165, 1.54) is 33.3 Å². The molecule has 2 heterocycles. The predicted molar refractivity (Wildman–Crippen MR) is 156 cm³/mol. The number of fused-ring (bicyclic) bond motifs is 2. The lowest BCUT2D eigenvalue weighted by Gasteiger charge is -2.35. The van der Waals surface area contributed by atoms with E-state index in [1.54, 1.807) is 0 Å². The van der Waals surface area contributed by atoms with Crippen LogP contribution in [0.15, 0.2) is 5.76 Å². The van der Waals surface area contributed by atoms with Crippen LogP contribution in [0.2, 0.25) is 0 Å². The van der Waals surface area contributed by atoms with Crippen molar-refractivity contribution in [2.45, 2.75) is 106 Å². The first-order chi connectivity index (χ1) is 17.4. The van der Waals surface area contributed by atoms with Crippen molar-refractivity contribution in [2.24, 2.45) is 0 Å². The molecule has 202 valence electrons. The molecule has 0 amide bonds. The number of carbonyl (C=O) groups is 1. The van der Waals surface area contributed by atoms with Crippen LogP contribution in [0.3, 0.4) is 0 Å². The monoisotopic (exact) mass is 512 g/mol. The molecular weight excluding hydrogens is 468 g/mol. The van der Waals surface area contributed by atoms with E-state index in [-0.39, 0.29) is 22.4 Å². The van der Waals surface area contributed by atoms with Gasteiger partial charge in [0.2, 0.25) is 5.36 Å². The highest BCUT2D eigenvalue weighted by Gasteiger charge is 2.47. The van der Waals surface area contributed by atoms with Gasteiger partial charge in [0.25, 0.3) is 0 Å². The molecule has 4 nitrogen and oxygen atoms in total. The topological polar surface area (TPSA) is 46.4 Å². The van der Waals surface area contributed by atoms with E-state index >= 15 is 0 Å². The van der Waals surface area contributed by atoms with Crippen LogP contribution in [0.1, 0.15) is 91.6 Å². The van der Waals surface area contributed by atoms with Gasteiger partial charge in [0.15, 0.2) is 11.8 Å². The minimum atomic E-state index is -0.0967. The number of ketones is 1. The fourth-order valence-electron chi connectivity index (χ4n) is 8.10. The molecule has 4 heteroatoms. The van der Waals surface area contributed by atoms with Gasteiger partial charge in [-0.25, -0.2) is 4.58 Å². The normalized spacial score (nSPS) is 24.7. The molecule has 2 atom stereocenters. The van der Waals surface area contributed by atoms with Gasteiger partial charge >= 0.3 is 0 Å². The van der Waals surface area contributed by atoms with Crippen molar-refractivity contribution in [1.29, 1.82) is 0 Å². The van der Waals surface area contributed by atoms with Crippen LogP contribution < -0.4 is 25.2 Å². The second-order valence-electron chi connectivity index (χ2n) is 13.4. The van der Waals surface area contributed by atoms with E-state index in [9.17, 15) is 9.90 Å². The van der Waals surface area contributed by atoms with E-state index in [0.717, 1.165) is 33.0 Å². The first-order valence-electron chi connectivity index (χ1n) is 14.0. The molecule has 2 aliphatic heterocycles. The van der Waals surface area contributed by atoms with Crippen molar-refractivity contribution in [2.75, 3.05) is 19.0 Å². The van der Waals surface area contributed by atoms with Crippen LogP contribution in [-0.2, 0) is 15.6 Å². The second kappa shape index (κ2) is 7.83. The quantitative estimate of drug-likeness (QED) is 0.544. The van der Waals surface area contributed by atoms with Gasteiger partial charge in [-0.2, -0.15) is 0 Å². The second-order valence-corrected chi connectivity index (χ2v) is 13.4. The summed E-state index contributed by atoms with van der Waals surface area (Å²) in [5, 5.41) is 16.2. The van der Waals surface area contributed by atoms with Crippen molar-refractivity contribution < 1.29 is 9.90 Å². The number of nitrogens with zero attached hydrogens (tertiary/aromatic N) is 2. The first kappa shape index (κ1) is 26.7. The Hall–Kier alpha value is -2.88. The van der Waals surface area contributed by atoms with Crippen molar-refractivity contribution >= 4 is 22.6 Å². The predicted octanol–water partition coefficient (Wildman–Crippen LogP) is 3.96. The molecule has 0 radical (unpaired) electrons. The molecule has 1 aliphatic carbocycles. The highest BCUT2D eigenvalue weighted by molar-refractivity contribution is 6.52. The molecule has 0 fully saturated rings. The summed E-state index contributed by atoms with van der Waals surface area (Å²) in [6, 6.07) is 0.654. The lowest BCUT2D eigenvalue weighted by Crippen LogP contribution is -2.39. The molecule has 0 N–H and O–H groups in total. The maximum Gasteiger partial charge on any atom is 0.207 e. The molecule has 0 bridgehead atoms. The molecule has 3 aliphatic rings. The first-order valence-corrected chi connectivity index (χ1v) is 14.0. The summed E-state index contributed by atoms with van der Waals surface area (Å²) in [5.74, 6) is -0.193. The Morgan fingerprint density at radius 2 is 1.34 bits per heavy atom. The van der Waals surface area contributed by atoms with Crippen LogP contribution in [0.25, 0.3) is 11.1 Å². The molecule has 0 saturated carbocycles. The summed E-state index contributed by atoms with van der Waals surface area (Å²) in [6.45, 7) is 26.3. The summed E-state index contributed by atoms with van der Waals surface area (Å²) in [6.07, 6.45) is 0. The van der Waals surface area contributed by atoms with Crippen LogP contribution in [0, 0.1) is 41.5 Å². The molecular formula is C34H44N2O2. The van der Waals surface area contributed by atoms with Gasteiger partial charge in [0.05, 0.1) is 5.41 Å². The SMILES string of the molecule is Cc1c(C)c2c(c(C)c1C1=C([O-])/C(=c3\c(C)c(C)c4c(c3C)C(C)(C)C(C)[N+]=4C)C1=O)C(C)(C)C(C)N2C. The number of benzene rings is 2. The van der Waals surface area contributed by atoms with Gasteiger partial charge in [0, 0.05) is 46.5 Å². The highest BCUT2D eigenvalue weighted by Crippen LogP contribution is 2.52. The molecule has 2 unspecified atom stereocenters. The Bertz CT molecular complexity index is 1650. The molecule has 2 aromatic carbocycles. The summed E-state index contributed by atoms with van der Waals surface area (Å²) < 4.78 is 2.36. The van der Waals surface area contributed by atoms with Gasteiger partial charge in [-0.1, -0.05) is 19.6 Å². The summed E-state index contributed by atoms with van der Waals surface area (Å²) in [7, 11) is 4.31. The summed E-state index contributed by atoms with van der Waals surface area (Å²) in [5.41, 5.74) is 11.8. The van der Waals surface area contributed by atoms with E-state index in [1.807, 2.05) is 0 Å². The van der Waals surface area contributed by atoms with E-state index in [0.29, 0.717) is 23.2 Å². The summed E-state index contributed by atoms with van der Waals surface area (Å²) in [4.78, 5) is 16.4. The van der Waals surface area contributed by atoms with Gasteiger partial charge in [-0.15, -0.1) is 0 Å². The zero-order chi connectivity index (χ0) is 28.5. The van der Waals surface area contributed by atoms with Crippen LogP contribution >= 0.6 is 0 Å². The van der Waals surface area contributed by atoms with Gasteiger partial charge in [0.1, 0.15) is 7.05 Å². The average Bonchev–Trinajstić information content (AvgIpc) is 3.14. The minimum Gasteiger partial charge on any atom is -0.871 e. The van der Waals surface area contributed by atoms with E-state index in [4.69, 9.17) is 0 Å². The third-order valence-electron chi connectivity index (χ3n) is 11.2. The molecule has 0 spiro atoms. The number of hydrogen-bond acceptors (Lipinski definition) is 3. The fourth-order valence-corrected chi connectivity index (χ4v) is 8.10. The smallest absolute Gasteiger partial charge is 0.207 e. The van der Waals surface area contributed by atoms with Crippen LogP contribution in [0.5, 0.6) is 0 Å². The van der Waals surface area contributed by atoms with Crippen molar-refractivity contribution in [3.63, 3.8) is 0 Å². The molecule has 38 heavy (non-hydrogen) atoms. The van der Waals surface area contributed by atoms with Crippen molar-refractivity contribution in [1.82, 2.24) is 4.58 Å². The molecule has 5 rings (SSSR count). The van der Waals surface area contributed by atoms with Gasteiger partial charge in [-0.05, 0) is 113 Å².